The minimum absolute atomic E-state index is 0.525. The van der Waals surface area contributed by atoms with Gasteiger partial charge in [-0.05, 0) is 16.3 Å². The summed E-state index contributed by atoms with van der Waals surface area (Å²) in [5.41, 5.74) is 0.685. The van der Waals surface area contributed by atoms with Crippen LogP contribution in [0.5, 0.6) is 0 Å². The molecule has 82 valence electrons. The summed E-state index contributed by atoms with van der Waals surface area (Å²) in [7, 11) is 0. The van der Waals surface area contributed by atoms with Gasteiger partial charge in [-0.2, -0.15) is 0 Å². The summed E-state index contributed by atoms with van der Waals surface area (Å²) in [6.07, 6.45) is 0.741. The third-order valence-corrected chi connectivity index (χ3v) is 3.26. The quantitative estimate of drug-likeness (QED) is 0.796. The van der Waals surface area contributed by atoms with Gasteiger partial charge in [0.15, 0.2) is 0 Å². The predicted octanol–water partition coefficient (Wildman–Crippen LogP) is 1.72. The lowest BCUT2D eigenvalue weighted by Crippen LogP contribution is -2.60. The highest BCUT2D eigenvalue weighted by Crippen LogP contribution is 2.21. The van der Waals surface area contributed by atoms with Crippen molar-refractivity contribution in [2.24, 2.45) is 0 Å². The normalized spacial score (nSPS) is 18.3. The van der Waals surface area contributed by atoms with E-state index in [0.717, 1.165) is 6.42 Å². The smallest absolute Gasteiger partial charge is 0.0935 e. The van der Waals surface area contributed by atoms with Gasteiger partial charge in [0.1, 0.15) is 0 Å². The molecule has 1 saturated heterocycles. The van der Waals surface area contributed by atoms with Crippen LogP contribution in [0.3, 0.4) is 0 Å². The molecule has 2 N–H and O–H groups in total. The molecule has 0 aromatic heterocycles. The minimum atomic E-state index is -0.525. The first-order valence-corrected chi connectivity index (χ1v) is 5.66. The molecule has 0 aliphatic carbocycles. The summed E-state index contributed by atoms with van der Waals surface area (Å²) < 4.78 is 0. The molecule has 1 aliphatic rings. The molecule has 0 saturated carbocycles. The summed E-state index contributed by atoms with van der Waals surface area (Å²) in [6, 6.07) is 14.7. The second-order valence-corrected chi connectivity index (χ2v) is 4.69. The highest BCUT2D eigenvalue weighted by Gasteiger charge is 2.34. The fourth-order valence-electron chi connectivity index (χ4n) is 2.27. The topological polar surface area (TPSA) is 32.3 Å². The fourth-order valence-corrected chi connectivity index (χ4v) is 2.27. The number of rotatable bonds is 2. The van der Waals surface area contributed by atoms with E-state index in [9.17, 15) is 5.11 Å². The van der Waals surface area contributed by atoms with E-state index in [4.69, 9.17) is 0 Å². The van der Waals surface area contributed by atoms with Crippen molar-refractivity contribution in [1.82, 2.24) is 5.32 Å². The van der Waals surface area contributed by atoms with E-state index < -0.39 is 5.60 Å². The Hall–Kier alpha value is -1.38. The Labute approximate surface area is 94.9 Å². The van der Waals surface area contributed by atoms with Crippen molar-refractivity contribution in [3.05, 3.63) is 48.0 Å². The maximum atomic E-state index is 10.1. The number of aliphatic hydroxyl groups is 1. The maximum Gasteiger partial charge on any atom is 0.0935 e. The van der Waals surface area contributed by atoms with E-state index in [0.29, 0.717) is 13.1 Å². The molecule has 0 spiro atoms. The summed E-state index contributed by atoms with van der Waals surface area (Å²) in [5, 5.41) is 15.7. The van der Waals surface area contributed by atoms with Gasteiger partial charge in [-0.25, -0.2) is 0 Å². The molecule has 2 heteroatoms. The standard InChI is InChI=1S/C14H15NO/c16-14(9-15-10-14)8-11-5-6-12-3-1-2-4-13(12)7-11/h1-7,15-16H,8-10H2. The van der Waals surface area contributed by atoms with E-state index in [1.165, 1.54) is 16.3 Å². The van der Waals surface area contributed by atoms with Crippen LogP contribution in [0.1, 0.15) is 5.56 Å². The summed E-state index contributed by atoms with van der Waals surface area (Å²) in [5.74, 6) is 0. The molecule has 0 bridgehead atoms. The first kappa shape index (κ1) is 9.82. The summed E-state index contributed by atoms with van der Waals surface area (Å²) in [6.45, 7) is 1.42. The Morgan fingerprint density at radius 2 is 1.81 bits per heavy atom. The number of hydrogen-bond acceptors (Lipinski definition) is 2. The lowest BCUT2D eigenvalue weighted by atomic mass is 9.88. The van der Waals surface area contributed by atoms with Gasteiger partial charge in [-0.3, -0.25) is 0 Å². The van der Waals surface area contributed by atoms with Gasteiger partial charge in [-0.15, -0.1) is 0 Å². The maximum absolute atomic E-state index is 10.1. The molecular formula is C14H15NO. The van der Waals surface area contributed by atoms with Gasteiger partial charge in [0.25, 0.3) is 0 Å². The van der Waals surface area contributed by atoms with Crippen LogP contribution in [0.25, 0.3) is 10.8 Å². The van der Waals surface area contributed by atoms with Gasteiger partial charge in [0.05, 0.1) is 5.60 Å². The zero-order valence-electron chi connectivity index (χ0n) is 9.11. The van der Waals surface area contributed by atoms with Crippen molar-refractivity contribution in [3.8, 4) is 0 Å². The zero-order valence-corrected chi connectivity index (χ0v) is 9.11. The van der Waals surface area contributed by atoms with Crippen LogP contribution in [0, 0.1) is 0 Å². The minimum Gasteiger partial charge on any atom is -0.387 e. The number of β-amino-alcohol motifs (C(OH)–C–C–N with tert-alkyl or cyclic N) is 1. The van der Waals surface area contributed by atoms with Crippen LogP contribution >= 0.6 is 0 Å². The predicted molar refractivity (Wildman–Crippen MR) is 65.5 cm³/mol. The Morgan fingerprint density at radius 1 is 1.06 bits per heavy atom. The Kier molecular flexibility index (Phi) is 2.20. The van der Waals surface area contributed by atoms with Gasteiger partial charge < -0.3 is 10.4 Å². The number of hydrogen-bond donors (Lipinski definition) is 2. The van der Waals surface area contributed by atoms with Crippen molar-refractivity contribution in [3.63, 3.8) is 0 Å². The molecule has 2 aromatic carbocycles. The average molecular weight is 213 g/mol. The molecule has 0 amide bonds. The largest absolute Gasteiger partial charge is 0.387 e. The molecule has 2 nitrogen and oxygen atoms in total. The van der Waals surface area contributed by atoms with E-state index in [-0.39, 0.29) is 0 Å². The molecule has 3 rings (SSSR count). The zero-order chi connectivity index (χ0) is 11.0. The van der Waals surface area contributed by atoms with Gasteiger partial charge in [0.2, 0.25) is 0 Å². The van der Waals surface area contributed by atoms with Crippen molar-refractivity contribution in [2.75, 3.05) is 13.1 Å². The van der Waals surface area contributed by atoms with Crippen LogP contribution in [0.2, 0.25) is 0 Å². The van der Waals surface area contributed by atoms with E-state index in [1.54, 1.807) is 0 Å². The first-order chi connectivity index (χ1) is 7.75. The Bertz CT molecular complexity index is 517. The van der Waals surface area contributed by atoms with E-state index in [1.807, 2.05) is 12.1 Å². The highest BCUT2D eigenvalue weighted by atomic mass is 16.3. The SMILES string of the molecule is OC1(Cc2ccc3ccccc3c2)CNC1. The third kappa shape index (κ3) is 1.70. The van der Waals surface area contributed by atoms with Crippen LogP contribution in [0.4, 0.5) is 0 Å². The second kappa shape index (κ2) is 3.58. The Morgan fingerprint density at radius 3 is 2.50 bits per heavy atom. The van der Waals surface area contributed by atoms with E-state index >= 15 is 0 Å². The first-order valence-electron chi connectivity index (χ1n) is 5.66. The Balaban J connectivity index is 1.93. The molecule has 1 aliphatic heterocycles. The molecule has 0 atom stereocenters. The molecule has 0 radical (unpaired) electrons. The van der Waals surface area contributed by atoms with Gasteiger partial charge >= 0.3 is 0 Å². The molecular weight excluding hydrogens is 198 g/mol. The monoisotopic (exact) mass is 213 g/mol. The van der Waals surface area contributed by atoms with Crippen molar-refractivity contribution in [1.29, 1.82) is 0 Å². The number of fused-ring (bicyclic) bond motifs is 1. The van der Waals surface area contributed by atoms with Crippen LogP contribution < -0.4 is 5.32 Å². The summed E-state index contributed by atoms with van der Waals surface area (Å²) in [4.78, 5) is 0. The van der Waals surface area contributed by atoms with Crippen LogP contribution in [0.15, 0.2) is 42.5 Å². The highest BCUT2D eigenvalue weighted by molar-refractivity contribution is 5.83. The third-order valence-electron chi connectivity index (χ3n) is 3.26. The van der Waals surface area contributed by atoms with Crippen molar-refractivity contribution in [2.45, 2.75) is 12.0 Å². The number of nitrogens with one attached hydrogen (secondary N) is 1. The van der Waals surface area contributed by atoms with Gasteiger partial charge in [-0.1, -0.05) is 42.5 Å². The average Bonchev–Trinajstić information content (AvgIpc) is 2.27. The van der Waals surface area contributed by atoms with Gasteiger partial charge in [0, 0.05) is 19.5 Å². The fraction of sp³-hybridized carbons (Fsp3) is 0.286. The van der Waals surface area contributed by atoms with Crippen LogP contribution in [-0.4, -0.2) is 23.8 Å². The molecule has 16 heavy (non-hydrogen) atoms. The lowest BCUT2D eigenvalue weighted by molar-refractivity contribution is -0.00899. The summed E-state index contributed by atoms with van der Waals surface area (Å²) >= 11 is 0. The second-order valence-electron chi connectivity index (χ2n) is 4.69. The molecule has 2 aromatic rings. The molecule has 0 unspecified atom stereocenters. The lowest BCUT2D eigenvalue weighted by Gasteiger charge is -2.37. The van der Waals surface area contributed by atoms with E-state index in [2.05, 4.69) is 35.6 Å². The van der Waals surface area contributed by atoms with Crippen LogP contribution in [-0.2, 0) is 6.42 Å². The molecule has 1 fully saturated rings. The van der Waals surface area contributed by atoms with Crippen molar-refractivity contribution >= 4 is 10.8 Å². The number of benzene rings is 2. The molecule has 1 heterocycles. The van der Waals surface area contributed by atoms with Crippen molar-refractivity contribution < 1.29 is 5.11 Å².